The second-order valence-electron chi connectivity index (χ2n) is 13.4. The van der Waals surface area contributed by atoms with Crippen LogP contribution in [0.3, 0.4) is 0 Å². The molecule has 0 spiro atoms. The number of rotatable bonds is 34. The van der Waals surface area contributed by atoms with Gasteiger partial charge in [-0.1, -0.05) is 6.92 Å². The van der Waals surface area contributed by atoms with Crippen LogP contribution < -0.4 is 42.4 Å². The number of sulfonamides is 1. The molecule has 0 aliphatic carbocycles. The van der Waals surface area contributed by atoms with Crippen molar-refractivity contribution in [2.75, 3.05) is 70.8 Å². The summed E-state index contributed by atoms with van der Waals surface area (Å²) in [6, 6.07) is 4.08. The Hall–Kier alpha value is -4.90. The van der Waals surface area contributed by atoms with Crippen LogP contribution in [-0.2, 0) is 48.3 Å². The van der Waals surface area contributed by atoms with Crippen molar-refractivity contribution in [3.63, 3.8) is 0 Å². The number of hydrogen-bond donors (Lipinski definition) is 10. The van der Waals surface area contributed by atoms with Crippen molar-refractivity contribution >= 4 is 57.1 Å². The molecular weight excluding hydrogens is 797 g/mol. The fraction of sp³-hybridized carbons (Fsp3) is 0.649. The van der Waals surface area contributed by atoms with E-state index in [0.717, 1.165) is 18.7 Å². The average molecular weight is 859 g/mol. The van der Waals surface area contributed by atoms with Crippen molar-refractivity contribution < 1.29 is 61.7 Å². The van der Waals surface area contributed by atoms with Gasteiger partial charge in [-0.05, 0) is 76.3 Å². The number of nitrogens with one attached hydrogen (secondary N) is 7. The van der Waals surface area contributed by atoms with Gasteiger partial charge >= 0.3 is 5.97 Å². The van der Waals surface area contributed by atoms with Crippen LogP contribution >= 0.6 is 0 Å². The highest BCUT2D eigenvalue weighted by atomic mass is 32.2. The molecule has 11 N–H and O–H groups in total. The zero-order chi connectivity index (χ0) is 44.1. The Morgan fingerprint density at radius 3 is 2.03 bits per heavy atom. The molecule has 21 nitrogen and oxygen atoms in total. The summed E-state index contributed by atoms with van der Waals surface area (Å²) < 4.78 is 35.7. The Labute approximate surface area is 345 Å². The fourth-order valence-corrected chi connectivity index (χ4v) is 5.91. The Balaban J connectivity index is 2.20. The standard InChI is InChI=1S/C37H62N8O13S/c1-3-17-40-27-11-9-26(10-12-27)36(52)42-18-5-4-7-29(35(38)51)44-34(50)25-58-22-21-57-20-19-41-31(47)16-14-30(37(53)54)45-33(49)15-13-28(24-46)43-32(48)8-6-23-59(55,56)39-2/h9-12,28-30,39-40,46H,3-8,13-25H2,1-2H3,(H2,38,51)(H,41,47)(H,42,52)(H,43,48)(H,44,50)(H,45,49)(H,53,54). The highest BCUT2D eigenvalue weighted by Gasteiger charge is 2.22. The Bertz CT molecular complexity index is 1580. The Kier molecular flexibility index (Phi) is 26.7. The van der Waals surface area contributed by atoms with Gasteiger partial charge in [-0.2, -0.15) is 0 Å². The number of aliphatic carboxylic acids is 1. The van der Waals surface area contributed by atoms with Gasteiger partial charge in [0.25, 0.3) is 5.91 Å². The van der Waals surface area contributed by atoms with Gasteiger partial charge in [0.1, 0.15) is 18.7 Å². The molecule has 0 saturated carbocycles. The molecule has 0 heterocycles. The lowest BCUT2D eigenvalue weighted by molar-refractivity contribution is -0.142. The number of carbonyl (C=O) groups is 7. The summed E-state index contributed by atoms with van der Waals surface area (Å²) in [5.41, 5.74) is 6.91. The van der Waals surface area contributed by atoms with E-state index in [4.69, 9.17) is 15.2 Å². The molecule has 0 fully saturated rings. The van der Waals surface area contributed by atoms with E-state index in [-0.39, 0.29) is 89.6 Å². The van der Waals surface area contributed by atoms with Crippen LogP contribution in [0.4, 0.5) is 5.69 Å². The number of carboxylic acid groups (broad SMARTS) is 1. The van der Waals surface area contributed by atoms with Gasteiger partial charge in [0.15, 0.2) is 0 Å². The first kappa shape index (κ1) is 52.1. The molecule has 3 atom stereocenters. The number of carboxylic acids is 1. The van der Waals surface area contributed by atoms with Gasteiger partial charge in [-0.25, -0.2) is 17.9 Å². The first-order valence-corrected chi connectivity index (χ1v) is 21.2. The highest BCUT2D eigenvalue weighted by Crippen LogP contribution is 2.10. The lowest BCUT2D eigenvalue weighted by atomic mass is 10.1. The van der Waals surface area contributed by atoms with E-state index in [1.54, 1.807) is 12.1 Å². The normalized spacial score (nSPS) is 12.7. The molecule has 1 aromatic rings. The van der Waals surface area contributed by atoms with Crippen molar-refractivity contribution in [3.8, 4) is 0 Å². The summed E-state index contributed by atoms with van der Waals surface area (Å²) in [7, 11) is -2.21. The first-order valence-electron chi connectivity index (χ1n) is 19.6. The lowest BCUT2D eigenvalue weighted by Gasteiger charge is -2.18. The zero-order valence-corrected chi connectivity index (χ0v) is 34.7. The number of nitrogens with two attached hydrogens (primary N) is 1. The molecule has 1 aromatic carbocycles. The number of aliphatic hydroxyl groups excluding tert-OH is 1. The Morgan fingerprint density at radius 1 is 0.729 bits per heavy atom. The number of anilines is 1. The maximum atomic E-state index is 12.4. The molecular formula is C37H62N8O13S. The minimum atomic E-state index is -3.47. The smallest absolute Gasteiger partial charge is 0.326 e. The average Bonchev–Trinajstić information content (AvgIpc) is 3.20. The summed E-state index contributed by atoms with van der Waals surface area (Å²) in [4.78, 5) is 84.8. The number of carbonyl (C=O) groups excluding carboxylic acids is 6. The predicted molar refractivity (Wildman–Crippen MR) is 216 cm³/mol. The quantitative estimate of drug-likeness (QED) is 0.0352. The molecule has 0 aliphatic heterocycles. The van der Waals surface area contributed by atoms with Crippen LogP contribution in [0, 0.1) is 0 Å². The SMILES string of the molecule is CCCNc1ccc(C(=O)NCCCCC(NC(=O)COCCOCCNC(=O)CCC(NC(=O)CCC(CO)NC(=O)CCCS(=O)(=O)NC)C(=O)O)C(N)=O)cc1. The molecule has 0 saturated heterocycles. The minimum Gasteiger partial charge on any atom is -0.480 e. The molecule has 59 heavy (non-hydrogen) atoms. The molecule has 6 amide bonds. The van der Waals surface area contributed by atoms with Crippen LogP contribution in [0.15, 0.2) is 24.3 Å². The second kappa shape index (κ2) is 30.2. The number of unbranched alkanes of at least 4 members (excludes halogenated alkanes) is 1. The third-order valence-corrected chi connectivity index (χ3v) is 9.96. The van der Waals surface area contributed by atoms with Gasteiger partial charge in [-0.15, -0.1) is 0 Å². The topological polar surface area (TPSA) is 323 Å². The van der Waals surface area contributed by atoms with Crippen LogP contribution in [0.2, 0.25) is 0 Å². The largest absolute Gasteiger partial charge is 0.480 e. The highest BCUT2D eigenvalue weighted by molar-refractivity contribution is 7.89. The van der Waals surface area contributed by atoms with Crippen molar-refractivity contribution in [1.29, 1.82) is 0 Å². The van der Waals surface area contributed by atoms with E-state index in [0.29, 0.717) is 24.9 Å². The molecule has 22 heteroatoms. The molecule has 0 aliphatic rings. The third kappa shape index (κ3) is 25.3. The molecule has 0 bridgehead atoms. The van der Waals surface area contributed by atoms with E-state index in [1.165, 1.54) is 7.05 Å². The molecule has 0 aromatic heterocycles. The Morgan fingerprint density at radius 2 is 1.39 bits per heavy atom. The van der Waals surface area contributed by atoms with Gasteiger partial charge in [0.2, 0.25) is 39.6 Å². The number of aliphatic hydroxyl groups is 1. The summed E-state index contributed by atoms with van der Waals surface area (Å²) in [6.45, 7) is 2.75. The van der Waals surface area contributed by atoms with E-state index in [9.17, 15) is 52.2 Å². The number of ether oxygens (including phenoxy) is 2. The van der Waals surface area contributed by atoms with Gasteiger partial charge < -0.3 is 57.3 Å². The van der Waals surface area contributed by atoms with E-state index in [1.807, 2.05) is 12.1 Å². The van der Waals surface area contributed by atoms with Crippen LogP contribution in [0.5, 0.6) is 0 Å². The van der Waals surface area contributed by atoms with Crippen molar-refractivity contribution in [2.24, 2.45) is 5.73 Å². The van der Waals surface area contributed by atoms with Crippen molar-refractivity contribution in [2.45, 2.75) is 89.3 Å². The van der Waals surface area contributed by atoms with Gasteiger partial charge in [0.05, 0.1) is 38.2 Å². The molecule has 334 valence electrons. The van der Waals surface area contributed by atoms with Gasteiger partial charge in [-0.3, -0.25) is 28.8 Å². The zero-order valence-electron chi connectivity index (χ0n) is 33.8. The number of amides is 6. The maximum Gasteiger partial charge on any atom is 0.326 e. The number of hydrogen-bond acceptors (Lipinski definition) is 13. The van der Waals surface area contributed by atoms with Crippen LogP contribution in [0.25, 0.3) is 0 Å². The summed E-state index contributed by atoms with van der Waals surface area (Å²) in [6.07, 6.45) is 1.62. The maximum absolute atomic E-state index is 12.4. The number of benzene rings is 1. The minimum absolute atomic E-state index is 0.0111. The summed E-state index contributed by atoms with van der Waals surface area (Å²) in [5, 5.41) is 35.0. The van der Waals surface area contributed by atoms with Crippen LogP contribution in [0.1, 0.15) is 81.5 Å². The third-order valence-electron chi connectivity index (χ3n) is 8.51. The summed E-state index contributed by atoms with van der Waals surface area (Å²) in [5.74, 6) is -4.73. The van der Waals surface area contributed by atoms with E-state index < -0.39 is 70.3 Å². The van der Waals surface area contributed by atoms with Gasteiger partial charge in [0, 0.05) is 50.1 Å². The van der Waals surface area contributed by atoms with Crippen LogP contribution in [-0.4, -0.2) is 144 Å². The monoisotopic (exact) mass is 858 g/mol. The second-order valence-corrected chi connectivity index (χ2v) is 15.4. The molecule has 1 rings (SSSR count). The molecule has 0 radical (unpaired) electrons. The lowest BCUT2D eigenvalue weighted by Crippen LogP contribution is -2.45. The van der Waals surface area contributed by atoms with Crippen molar-refractivity contribution in [1.82, 2.24) is 31.3 Å². The molecule has 3 unspecified atom stereocenters. The van der Waals surface area contributed by atoms with Crippen molar-refractivity contribution in [3.05, 3.63) is 29.8 Å². The fourth-order valence-electron chi connectivity index (χ4n) is 5.18. The van der Waals surface area contributed by atoms with E-state index >= 15 is 0 Å². The first-order chi connectivity index (χ1) is 28.1. The summed E-state index contributed by atoms with van der Waals surface area (Å²) >= 11 is 0. The number of primary amides is 1. The predicted octanol–water partition coefficient (Wildman–Crippen LogP) is -1.54. The van der Waals surface area contributed by atoms with E-state index in [2.05, 4.69) is 43.5 Å².